The van der Waals surface area contributed by atoms with E-state index >= 15 is 0 Å². The van der Waals surface area contributed by atoms with Gasteiger partial charge in [-0.15, -0.1) is 0 Å². The number of imidazole rings is 1. The van der Waals surface area contributed by atoms with E-state index in [4.69, 9.17) is 4.74 Å². The number of nitrogens with one attached hydrogen (secondary N) is 1. The number of methoxy groups -OCH3 is 1. The van der Waals surface area contributed by atoms with E-state index in [9.17, 15) is 13.2 Å². The first-order chi connectivity index (χ1) is 14.2. The number of aromatic nitrogens is 2. The average molecular weight is 430 g/mol. The number of fused-ring (bicyclic) bond motifs is 1. The van der Waals surface area contributed by atoms with Crippen LogP contribution >= 0.6 is 0 Å². The first-order valence-corrected chi connectivity index (χ1v) is 11.3. The van der Waals surface area contributed by atoms with Crippen molar-refractivity contribution < 1.29 is 17.9 Å². The van der Waals surface area contributed by atoms with Crippen molar-refractivity contribution in [2.75, 3.05) is 7.11 Å². The van der Waals surface area contributed by atoms with E-state index in [0.717, 1.165) is 22.4 Å². The molecule has 0 aliphatic carbocycles. The molecule has 0 radical (unpaired) electrons. The molecule has 1 heterocycles. The van der Waals surface area contributed by atoms with Gasteiger partial charge in [0.25, 0.3) is 0 Å². The van der Waals surface area contributed by atoms with E-state index in [1.54, 1.807) is 24.3 Å². The highest BCUT2D eigenvalue weighted by Gasteiger charge is 2.27. The van der Waals surface area contributed by atoms with Crippen molar-refractivity contribution in [3.63, 3.8) is 0 Å². The van der Waals surface area contributed by atoms with E-state index in [1.165, 1.54) is 7.11 Å². The topological polar surface area (TPSA) is 90.3 Å². The minimum atomic E-state index is -3.85. The number of aryl methyl sites for hydroxylation is 1. The standard InChI is InChI=1S/C22H27N3O4S/c1-15(2)13-20(22(26)29-4)24-30(27,28)18-11-9-17(10-12-18)14-25-16(3)23-19-7-5-6-8-21(19)25/h5-12,15,20,24H,13-14H2,1-4H3. The minimum Gasteiger partial charge on any atom is -0.468 e. The zero-order valence-electron chi connectivity index (χ0n) is 17.6. The van der Waals surface area contributed by atoms with Gasteiger partial charge < -0.3 is 9.30 Å². The van der Waals surface area contributed by atoms with Crippen LogP contribution in [0.1, 0.15) is 31.7 Å². The quantitative estimate of drug-likeness (QED) is 0.555. The van der Waals surface area contributed by atoms with Crippen LogP contribution in [0.3, 0.4) is 0 Å². The highest BCUT2D eigenvalue weighted by atomic mass is 32.2. The molecule has 2 aromatic carbocycles. The van der Waals surface area contributed by atoms with Crippen molar-refractivity contribution in [3.05, 3.63) is 59.9 Å². The third-order valence-corrected chi connectivity index (χ3v) is 6.40. The van der Waals surface area contributed by atoms with Gasteiger partial charge in [-0.3, -0.25) is 4.79 Å². The number of sulfonamides is 1. The molecule has 0 aliphatic rings. The molecular formula is C22H27N3O4S. The van der Waals surface area contributed by atoms with Gasteiger partial charge in [0.1, 0.15) is 11.9 Å². The van der Waals surface area contributed by atoms with Crippen LogP contribution in [0.2, 0.25) is 0 Å². The third-order valence-electron chi connectivity index (χ3n) is 4.91. The summed E-state index contributed by atoms with van der Waals surface area (Å²) < 4.78 is 34.8. The maximum atomic E-state index is 12.8. The third kappa shape index (κ3) is 4.88. The second-order valence-corrected chi connectivity index (χ2v) is 9.42. The molecule has 7 nitrogen and oxygen atoms in total. The molecule has 30 heavy (non-hydrogen) atoms. The molecule has 0 aliphatic heterocycles. The zero-order chi connectivity index (χ0) is 21.9. The van der Waals surface area contributed by atoms with Gasteiger partial charge in [0.2, 0.25) is 10.0 Å². The van der Waals surface area contributed by atoms with Crippen LogP contribution in [-0.2, 0) is 26.1 Å². The summed E-state index contributed by atoms with van der Waals surface area (Å²) >= 11 is 0. The fraction of sp³-hybridized carbons (Fsp3) is 0.364. The molecule has 160 valence electrons. The first-order valence-electron chi connectivity index (χ1n) is 9.82. The van der Waals surface area contributed by atoms with E-state index in [0.29, 0.717) is 13.0 Å². The van der Waals surface area contributed by atoms with Crippen molar-refractivity contribution in [2.24, 2.45) is 5.92 Å². The molecule has 0 saturated carbocycles. The maximum absolute atomic E-state index is 12.8. The average Bonchev–Trinajstić information content (AvgIpc) is 3.02. The molecule has 3 aromatic rings. The van der Waals surface area contributed by atoms with Gasteiger partial charge in [0, 0.05) is 6.54 Å². The highest BCUT2D eigenvalue weighted by Crippen LogP contribution is 2.19. The first kappa shape index (κ1) is 22.0. The van der Waals surface area contributed by atoms with Crippen molar-refractivity contribution >= 4 is 27.0 Å². The summed E-state index contributed by atoms with van der Waals surface area (Å²) in [5.74, 6) is 0.433. The molecule has 3 rings (SSSR count). The van der Waals surface area contributed by atoms with Crippen LogP contribution in [0.5, 0.6) is 0 Å². The number of esters is 1. The van der Waals surface area contributed by atoms with Crippen molar-refractivity contribution in [1.82, 2.24) is 14.3 Å². The molecule has 0 spiro atoms. The van der Waals surface area contributed by atoms with Gasteiger partial charge in [-0.05, 0) is 49.1 Å². The van der Waals surface area contributed by atoms with Gasteiger partial charge in [0.05, 0.1) is 23.0 Å². The van der Waals surface area contributed by atoms with Crippen LogP contribution < -0.4 is 4.72 Å². The summed E-state index contributed by atoms with van der Waals surface area (Å²) in [5.41, 5.74) is 2.91. The Hall–Kier alpha value is -2.71. The van der Waals surface area contributed by atoms with E-state index < -0.39 is 22.0 Å². The number of rotatable bonds is 8. The van der Waals surface area contributed by atoms with Gasteiger partial charge in [-0.2, -0.15) is 4.72 Å². The number of carbonyl (C=O) groups is 1. The van der Waals surface area contributed by atoms with E-state index in [2.05, 4.69) is 14.3 Å². The van der Waals surface area contributed by atoms with Gasteiger partial charge in [0.15, 0.2) is 0 Å². The zero-order valence-corrected chi connectivity index (χ0v) is 18.4. The predicted molar refractivity (Wildman–Crippen MR) is 116 cm³/mol. The maximum Gasteiger partial charge on any atom is 0.323 e. The van der Waals surface area contributed by atoms with E-state index in [1.807, 2.05) is 45.0 Å². The molecule has 0 bridgehead atoms. The Balaban J connectivity index is 1.80. The Morgan fingerprint density at radius 1 is 1.13 bits per heavy atom. The van der Waals surface area contributed by atoms with Gasteiger partial charge in [-0.25, -0.2) is 13.4 Å². The summed E-state index contributed by atoms with van der Waals surface area (Å²) in [4.78, 5) is 16.6. The van der Waals surface area contributed by atoms with E-state index in [-0.39, 0.29) is 10.8 Å². The van der Waals surface area contributed by atoms with Crippen molar-refractivity contribution in [3.8, 4) is 0 Å². The number of para-hydroxylation sites is 2. The number of benzene rings is 2. The Labute approximate surface area is 177 Å². The minimum absolute atomic E-state index is 0.108. The molecule has 0 amide bonds. The second kappa shape index (κ2) is 8.97. The lowest BCUT2D eigenvalue weighted by Crippen LogP contribution is -2.42. The summed E-state index contributed by atoms with van der Waals surface area (Å²) in [6.07, 6.45) is 0.358. The molecule has 1 N–H and O–H groups in total. The summed E-state index contributed by atoms with van der Waals surface area (Å²) in [7, 11) is -2.60. The molecule has 1 atom stereocenters. The fourth-order valence-electron chi connectivity index (χ4n) is 3.41. The molecule has 1 aromatic heterocycles. The van der Waals surface area contributed by atoms with Crippen LogP contribution in [0.25, 0.3) is 11.0 Å². The SMILES string of the molecule is COC(=O)C(CC(C)C)NS(=O)(=O)c1ccc(Cn2c(C)nc3ccccc32)cc1. The summed E-state index contributed by atoms with van der Waals surface area (Å²) in [6.45, 7) is 6.37. The lowest BCUT2D eigenvalue weighted by molar-refractivity contribution is -0.143. The number of nitrogens with zero attached hydrogens (tertiary/aromatic N) is 2. The summed E-state index contributed by atoms with van der Waals surface area (Å²) in [5, 5.41) is 0. The Bertz CT molecular complexity index is 1130. The lowest BCUT2D eigenvalue weighted by atomic mass is 10.1. The van der Waals surface area contributed by atoms with Crippen molar-refractivity contribution in [1.29, 1.82) is 0 Å². The molecule has 8 heteroatoms. The Morgan fingerprint density at radius 2 is 1.80 bits per heavy atom. The highest BCUT2D eigenvalue weighted by molar-refractivity contribution is 7.89. The molecule has 0 fully saturated rings. The Morgan fingerprint density at radius 3 is 2.43 bits per heavy atom. The van der Waals surface area contributed by atoms with Gasteiger partial charge >= 0.3 is 5.97 Å². The number of carbonyl (C=O) groups excluding carboxylic acids is 1. The predicted octanol–water partition coefficient (Wildman–Crippen LogP) is 3.26. The smallest absolute Gasteiger partial charge is 0.323 e. The molecular weight excluding hydrogens is 402 g/mol. The fourth-order valence-corrected chi connectivity index (χ4v) is 4.61. The van der Waals surface area contributed by atoms with Crippen molar-refractivity contribution in [2.45, 2.75) is 44.7 Å². The largest absolute Gasteiger partial charge is 0.468 e. The normalized spacial score (nSPS) is 13.0. The number of hydrogen-bond acceptors (Lipinski definition) is 5. The van der Waals surface area contributed by atoms with Crippen LogP contribution in [-0.4, -0.2) is 37.1 Å². The van der Waals surface area contributed by atoms with Crippen LogP contribution in [0.4, 0.5) is 0 Å². The second-order valence-electron chi connectivity index (χ2n) is 7.70. The number of ether oxygens (including phenoxy) is 1. The number of hydrogen-bond donors (Lipinski definition) is 1. The summed E-state index contributed by atoms with van der Waals surface area (Å²) in [6, 6.07) is 13.6. The molecule has 1 unspecified atom stereocenters. The monoisotopic (exact) mass is 429 g/mol. The molecule has 0 saturated heterocycles. The van der Waals surface area contributed by atoms with Crippen LogP contribution in [0, 0.1) is 12.8 Å². The Kier molecular flexibility index (Phi) is 6.58. The van der Waals surface area contributed by atoms with Gasteiger partial charge in [-0.1, -0.05) is 38.1 Å². The van der Waals surface area contributed by atoms with Crippen LogP contribution in [0.15, 0.2) is 53.4 Å². The lowest BCUT2D eigenvalue weighted by Gasteiger charge is -2.18.